The van der Waals surface area contributed by atoms with Crippen LogP contribution in [0.15, 0.2) is 41.3 Å². The van der Waals surface area contributed by atoms with Gasteiger partial charge < -0.3 is 10.1 Å². The summed E-state index contributed by atoms with van der Waals surface area (Å²) in [5.74, 6) is -0.235. The minimum atomic E-state index is -3.67. The Morgan fingerprint density at radius 3 is 2.29 bits per heavy atom. The number of hydrogen-bond acceptors (Lipinski definition) is 6. The van der Waals surface area contributed by atoms with E-state index in [4.69, 9.17) is 4.74 Å². The Morgan fingerprint density at radius 1 is 1.00 bits per heavy atom. The van der Waals surface area contributed by atoms with Gasteiger partial charge in [-0.15, -0.1) is 0 Å². The van der Waals surface area contributed by atoms with Gasteiger partial charge in [0, 0.05) is 18.7 Å². The third-order valence-electron chi connectivity index (χ3n) is 4.92. The summed E-state index contributed by atoms with van der Waals surface area (Å²) < 4.78 is 57.9. The summed E-state index contributed by atoms with van der Waals surface area (Å²) in [6.45, 7) is 2.65. The number of sulfonamides is 2. The topological polar surface area (TPSA) is 122 Å². The molecule has 1 heterocycles. The van der Waals surface area contributed by atoms with Gasteiger partial charge >= 0.3 is 0 Å². The molecule has 1 amide bonds. The minimum Gasteiger partial charge on any atom is -0.495 e. The lowest BCUT2D eigenvalue weighted by Crippen LogP contribution is -2.28. The summed E-state index contributed by atoms with van der Waals surface area (Å²) in [6.07, 6.45) is 2.66. The van der Waals surface area contributed by atoms with Crippen LogP contribution in [0.2, 0.25) is 0 Å². The van der Waals surface area contributed by atoms with Gasteiger partial charge in [-0.05, 0) is 55.7 Å². The van der Waals surface area contributed by atoms with Crippen molar-refractivity contribution in [3.8, 4) is 5.75 Å². The first-order valence-corrected chi connectivity index (χ1v) is 12.9. The van der Waals surface area contributed by atoms with E-state index in [-0.39, 0.29) is 21.8 Å². The fraction of sp³-hybridized carbons (Fsp3) is 0.350. The predicted octanol–water partition coefficient (Wildman–Crippen LogP) is 2.41. The third kappa shape index (κ3) is 5.35. The van der Waals surface area contributed by atoms with E-state index >= 15 is 0 Å². The number of ether oxygens (including phenoxy) is 1. The molecule has 2 aromatic carbocycles. The minimum absolute atomic E-state index is 0.0637. The zero-order valence-corrected chi connectivity index (χ0v) is 19.1. The highest BCUT2D eigenvalue weighted by molar-refractivity contribution is 7.92. The highest BCUT2D eigenvalue weighted by Gasteiger charge is 2.28. The van der Waals surface area contributed by atoms with Crippen molar-refractivity contribution in [1.82, 2.24) is 4.31 Å². The van der Waals surface area contributed by atoms with E-state index in [0.29, 0.717) is 24.4 Å². The Kier molecular flexibility index (Phi) is 6.58. The first-order valence-electron chi connectivity index (χ1n) is 9.59. The van der Waals surface area contributed by atoms with Crippen LogP contribution in [0.5, 0.6) is 5.75 Å². The first-order chi connectivity index (χ1) is 14.5. The van der Waals surface area contributed by atoms with Crippen LogP contribution in [0, 0.1) is 6.92 Å². The number of nitrogens with zero attached hydrogens (tertiary/aromatic N) is 1. The zero-order chi connectivity index (χ0) is 22.8. The third-order valence-corrected chi connectivity index (χ3v) is 7.40. The van der Waals surface area contributed by atoms with Gasteiger partial charge in [-0.1, -0.05) is 6.07 Å². The molecule has 0 atom stereocenters. The molecule has 1 aliphatic heterocycles. The number of rotatable bonds is 7. The molecule has 168 valence electrons. The number of amides is 1. The SMILES string of the molecule is COc1ccc(S(=O)(=O)N2CCCC2)cc1NC(=O)c1ccc(C)c(NS(C)(=O)=O)c1. The maximum atomic E-state index is 12.9. The molecule has 0 unspecified atom stereocenters. The molecule has 0 radical (unpaired) electrons. The van der Waals surface area contributed by atoms with Gasteiger partial charge in [0.05, 0.1) is 29.6 Å². The van der Waals surface area contributed by atoms with E-state index in [2.05, 4.69) is 10.0 Å². The molecular weight excluding hydrogens is 442 g/mol. The Labute approximate surface area is 182 Å². The van der Waals surface area contributed by atoms with Gasteiger partial charge in [-0.2, -0.15) is 4.31 Å². The van der Waals surface area contributed by atoms with Gasteiger partial charge in [0.2, 0.25) is 20.0 Å². The maximum Gasteiger partial charge on any atom is 0.255 e. The summed E-state index contributed by atoms with van der Waals surface area (Å²) >= 11 is 0. The van der Waals surface area contributed by atoms with Gasteiger partial charge in [0.1, 0.15) is 5.75 Å². The van der Waals surface area contributed by atoms with Gasteiger partial charge in [-0.25, -0.2) is 16.8 Å². The molecule has 1 saturated heterocycles. The second-order valence-corrected chi connectivity index (χ2v) is 11.0. The molecule has 0 bridgehead atoms. The molecule has 3 rings (SSSR count). The summed E-state index contributed by atoms with van der Waals surface area (Å²) in [6, 6.07) is 8.90. The molecule has 0 spiro atoms. The van der Waals surface area contributed by atoms with Crippen LogP contribution in [0.25, 0.3) is 0 Å². The monoisotopic (exact) mass is 467 g/mol. The number of carbonyl (C=O) groups excluding carboxylic acids is 1. The Morgan fingerprint density at radius 2 is 1.68 bits per heavy atom. The number of carbonyl (C=O) groups is 1. The fourth-order valence-corrected chi connectivity index (χ4v) is 5.45. The fourth-order valence-electron chi connectivity index (χ4n) is 3.29. The number of benzene rings is 2. The standard InChI is InChI=1S/C20H25N3O6S2/c1-14-6-7-15(12-17(14)22-30(3,25)26)20(24)21-18-13-16(8-9-19(18)29-2)31(27,28)23-10-4-5-11-23/h6-9,12-13,22H,4-5,10-11H2,1-3H3,(H,21,24). The smallest absolute Gasteiger partial charge is 0.255 e. The van der Waals surface area contributed by atoms with E-state index in [1.165, 1.54) is 35.7 Å². The number of aryl methyl sites for hydroxylation is 1. The summed E-state index contributed by atoms with van der Waals surface area (Å²) in [5, 5.41) is 2.67. The van der Waals surface area contributed by atoms with Crippen LogP contribution in [0.1, 0.15) is 28.8 Å². The average molecular weight is 468 g/mol. The zero-order valence-electron chi connectivity index (χ0n) is 17.5. The van der Waals surface area contributed by atoms with E-state index < -0.39 is 26.0 Å². The maximum absolute atomic E-state index is 12.9. The van der Waals surface area contributed by atoms with E-state index in [9.17, 15) is 21.6 Å². The summed E-state index contributed by atoms with van der Waals surface area (Å²) in [4.78, 5) is 12.9. The average Bonchev–Trinajstić information content (AvgIpc) is 3.24. The molecule has 2 N–H and O–H groups in total. The van der Waals surface area contributed by atoms with Gasteiger partial charge in [-0.3, -0.25) is 9.52 Å². The molecular formula is C20H25N3O6S2. The van der Waals surface area contributed by atoms with E-state index in [1.807, 2.05) is 0 Å². The molecule has 2 aromatic rings. The molecule has 0 aromatic heterocycles. The van der Waals surface area contributed by atoms with Crippen LogP contribution >= 0.6 is 0 Å². The molecule has 0 aliphatic carbocycles. The van der Waals surface area contributed by atoms with Crippen molar-refractivity contribution in [2.45, 2.75) is 24.7 Å². The lowest BCUT2D eigenvalue weighted by atomic mass is 10.1. The van der Waals surface area contributed by atoms with Crippen molar-refractivity contribution in [3.63, 3.8) is 0 Å². The van der Waals surface area contributed by atoms with E-state index in [0.717, 1.165) is 19.1 Å². The molecule has 31 heavy (non-hydrogen) atoms. The van der Waals surface area contributed by atoms with Crippen LogP contribution in [-0.2, 0) is 20.0 Å². The number of methoxy groups -OCH3 is 1. The van der Waals surface area contributed by atoms with Crippen LogP contribution in [-0.4, -0.2) is 53.5 Å². The highest BCUT2D eigenvalue weighted by atomic mass is 32.2. The highest BCUT2D eigenvalue weighted by Crippen LogP contribution is 2.30. The van der Waals surface area contributed by atoms with Gasteiger partial charge in [0.25, 0.3) is 5.91 Å². The molecule has 9 nitrogen and oxygen atoms in total. The first kappa shape index (κ1) is 23.0. The number of hydrogen-bond donors (Lipinski definition) is 2. The van der Waals surface area contributed by atoms with Crippen LogP contribution < -0.4 is 14.8 Å². The summed E-state index contributed by atoms with van der Waals surface area (Å²) in [7, 11) is -5.77. The molecule has 11 heteroatoms. The quantitative estimate of drug-likeness (QED) is 0.645. The lowest BCUT2D eigenvalue weighted by molar-refractivity contribution is 0.102. The molecule has 0 saturated carbocycles. The van der Waals surface area contributed by atoms with Crippen molar-refractivity contribution in [2.75, 3.05) is 36.5 Å². The number of nitrogens with one attached hydrogen (secondary N) is 2. The molecule has 1 aliphatic rings. The Hall–Kier alpha value is -2.63. The predicted molar refractivity (Wildman–Crippen MR) is 119 cm³/mol. The molecule has 1 fully saturated rings. The van der Waals surface area contributed by atoms with Crippen molar-refractivity contribution in [1.29, 1.82) is 0 Å². The lowest BCUT2D eigenvalue weighted by Gasteiger charge is -2.17. The van der Waals surface area contributed by atoms with Gasteiger partial charge in [0.15, 0.2) is 0 Å². The van der Waals surface area contributed by atoms with Crippen LogP contribution in [0.3, 0.4) is 0 Å². The van der Waals surface area contributed by atoms with Crippen LogP contribution in [0.4, 0.5) is 11.4 Å². The van der Waals surface area contributed by atoms with Crippen molar-refractivity contribution >= 4 is 37.3 Å². The Bertz CT molecular complexity index is 1200. The second-order valence-electron chi connectivity index (χ2n) is 7.33. The van der Waals surface area contributed by atoms with Crippen molar-refractivity contribution in [2.24, 2.45) is 0 Å². The van der Waals surface area contributed by atoms with Crippen molar-refractivity contribution < 1.29 is 26.4 Å². The van der Waals surface area contributed by atoms with E-state index in [1.54, 1.807) is 19.1 Å². The second kappa shape index (κ2) is 8.85. The largest absolute Gasteiger partial charge is 0.495 e. The number of anilines is 2. The van der Waals surface area contributed by atoms with Crippen molar-refractivity contribution in [3.05, 3.63) is 47.5 Å². The summed E-state index contributed by atoms with van der Waals surface area (Å²) in [5.41, 5.74) is 1.34. The Balaban J connectivity index is 1.91. The normalized spacial score (nSPS) is 14.9.